The van der Waals surface area contributed by atoms with Gasteiger partial charge in [0.05, 0.1) is 0 Å². The zero-order valence-corrected chi connectivity index (χ0v) is 10.3. The maximum atomic E-state index is 11.9. The van der Waals surface area contributed by atoms with Crippen molar-refractivity contribution in [3.8, 4) is 0 Å². The van der Waals surface area contributed by atoms with E-state index in [0.717, 1.165) is 5.69 Å². The van der Waals surface area contributed by atoms with Crippen LogP contribution in [0, 0.1) is 6.92 Å². The highest BCUT2D eigenvalue weighted by Gasteiger charge is 2.06. The Morgan fingerprint density at radius 2 is 1.78 bits per heavy atom. The van der Waals surface area contributed by atoms with Crippen LogP contribution < -0.4 is 5.56 Å². The third-order valence-electron chi connectivity index (χ3n) is 2.93. The highest BCUT2D eigenvalue weighted by molar-refractivity contribution is 5.95. The first kappa shape index (κ1) is 12.3. The van der Waals surface area contributed by atoms with Crippen LogP contribution in [-0.2, 0) is 6.54 Å². The van der Waals surface area contributed by atoms with Crippen LogP contribution in [0.4, 0.5) is 0 Å². The summed E-state index contributed by atoms with van der Waals surface area (Å²) >= 11 is 0. The van der Waals surface area contributed by atoms with Gasteiger partial charge in [0.1, 0.15) is 0 Å². The summed E-state index contributed by atoms with van der Waals surface area (Å²) in [7, 11) is 0. The van der Waals surface area contributed by atoms with Crippen molar-refractivity contribution in [2.75, 3.05) is 0 Å². The predicted molar refractivity (Wildman–Crippen MR) is 70.8 cm³/mol. The van der Waals surface area contributed by atoms with Crippen LogP contribution in [0.1, 0.15) is 22.5 Å². The fraction of sp³-hybridized carbons (Fsp3) is 0.200. The van der Waals surface area contributed by atoms with E-state index in [4.69, 9.17) is 0 Å². The Hall–Kier alpha value is -2.16. The standard InChI is InChI=1S/C15H15NO2/c1-12-6-5-9-15(18)16(12)11-10-14(17)13-7-3-2-4-8-13/h2-9H,10-11H2,1H3. The molecule has 0 saturated carbocycles. The third-order valence-corrected chi connectivity index (χ3v) is 2.93. The number of rotatable bonds is 4. The second-order valence-corrected chi connectivity index (χ2v) is 4.20. The molecule has 1 heterocycles. The third kappa shape index (κ3) is 2.74. The summed E-state index contributed by atoms with van der Waals surface area (Å²) in [4.78, 5) is 23.6. The van der Waals surface area contributed by atoms with E-state index in [2.05, 4.69) is 0 Å². The Morgan fingerprint density at radius 3 is 2.44 bits per heavy atom. The number of Topliss-reactive ketones (excluding diaryl/α,β-unsaturated/α-hetero) is 1. The molecular formula is C15H15NO2. The fourth-order valence-corrected chi connectivity index (χ4v) is 1.89. The normalized spacial score (nSPS) is 10.3. The van der Waals surface area contributed by atoms with Gasteiger partial charge >= 0.3 is 0 Å². The monoisotopic (exact) mass is 241 g/mol. The molecule has 0 amide bonds. The van der Waals surface area contributed by atoms with Crippen LogP contribution in [0.2, 0.25) is 0 Å². The molecule has 2 aromatic rings. The zero-order valence-electron chi connectivity index (χ0n) is 10.3. The topological polar surface area (TPSA) is 39.1 Å². The number of aryl methyl sites for hydroxylation is 1. The van der Waals surface area contributed by atoms with Crippen LogP contribution in [0.15, 0.2) is 53.3 Å². The summed E-state index contributed by atoms with van der Waals surface area (Å²) in [6, 6.07) is 14.3. The van der Waals surface area contributed by atoms with Gasteiger partial charge in [0, 0.05) is 30.3 Å². The number of nitrogens with zero attached hydrogens (tertiary/aromatic N) is 1. The largest absolute Gasteiger partial charge is 0.312 e. The number of carbonyl (C=O) groups is 1. The molecule has 18 heavy (non-hydrogen) atoms. The summed E-state index contributed by atoms with van der Waals surface area (Å²) in [6.07, 6.45) is 0.342. The van der Waals surface area contributed by atoms with Crippen molar-refractivity contribution in [1.29, 1.82) is 0 Å². The average Bonchev–Trinajstić information content (AvgIpc) is 2.39. The van der Waals surface area contributed by atoms with Crippen LogP contribution in [0.25, 0.3) is 0 Å². The minimum Gasteiger partial charge on any atom is -0.312 e. The minimum absolute atomic E-state index is 0.0594. The van der Waals surface area contributed by atoms with Gasteiger partial charge in [-0.25, -0.2) is 0 Å². The molecule has 0 aliphatic rings. The zero-order chi connectivity index (χ0) is 13.0. The summed E-state index contributed by atoms with van der Waals surface area (Å²) in [5.41, 5.74) is 1.51. The van der Waals surface area contributed by atoms with Crippen molar-refractivity contribution >= 4 is 5.78 Å². The lowest BCUT2D eigenvalue weighted by Gasteiger charge is -2.08. The Balaban J connectivity index is 2.09. The first-order chi connectivity index (χ1) is 8.68. The smallest absolute Gasteiger partial charge is 0.250 e. The molecule has 92 valence electrons. The molecule has 0 saturated heterocycles. The molecule has 0 radical (unpaired) electrons. The number of hydrogen-bond donors (Lipinski definition) is 0. The van der Waals surface area contributed by atoms with E-state index in [-0.39, 0.29) is 11.3 Å². The van der Waals surface area contributed by atoms with Gasteiger partial charge in [0.2, 0.25) is 0 Å². The first-order valence-corrected chi connectivity index (χ1v) is 5.93. The number of carbonyl (C=O) groups excluding carboxylic acids is 1. The van der Waals surface area contributed by atoms with E-state index >= 15 is 0 Å². The van der Waals surface area contributed by atoms with Gasteiger partial charge in [0.25, 0.3) is 5.56 Å². The SMILES string of the molecule is Cc1cccc(=O)n1CCC(=O)c1ccccc1. The van der Waals surface area contributed by atoms with Crippen molar-refractivity contribution in [2.45, 2.75) is 19.9 Å². The molecule has 2 rings (SSSR count). The van der Waals surface area contributed by atoms with Crippen molar-refractivity contribution in [2.24, 2.45) is 0 Å². The second kappa shape index (κ2) is 5.45. The molecule has 0 spiro atoms. The Bertz CT molecular complexity index is 599. The predicted octanol–water partition coefficient (Wildman–Crippen LogP) is 2.43. The Labute approximate surface area is 106 Å². The molecule has 0 unspecified atom stereocenters. The van der Waals surface area contributed by atoms with Crippen LogP contribution in [-0.4, -0.2) is 10.4 Å². The summed E-state index contributed by atoms with van der Waals surface area (Å²) in [5.74, 6) is 0.0609. The van der Waals surface area contributed by atoms with Crippen molar-refractivity contribution in [1.82, 2.24) is 4.57 Å². The van der Waals surface area contributed by atoms with E-state index in [1.807, 2.05) is 31.2 Å². The lowest BCUT2D eigenvalue weighted by molar-refractivity contribution is 0.0976. The van der Waals surface area contributed by atoms with Gasteiger partial charge in [-0.2, -0.15) is 0 Å². The van der Waals surface area contributed by atoms with E-state index < -0.39 is 0 Å². The molecule has 3 nitrogen and oxygen atoms in total. The average molecular weight is 241 g/mol. The lowest BCUT2D eigenvalue weighted by Crippen LogP contribution is -2.22. The van der Waals surface area contributed by atoms with Gasteiger partial charge in [0.15, 0.2) is 5.78 Å². The summed E-state index contributed by atoms with van der Waals surface area (Å²) in [5, 5.41) is 0. The molecular weight excluding hydrogens is 226 g/mol. The molecule has 0 bridgehead atoms. The van der Waals surface area contributed by atoms with Crippen LogP contribution >= 0.6 is 0 Å². The number of aromatic nitrogens is 1. The number of hydrogen-bond acceptors (Lipinski definition) is 2. The second-order valence-electron chi connectivity index (χ2n) is 4.20. The van der Waals surface area contributed by atoms with Gasteiger partial charge in [-0.1, -0.05) is 36.4 Å². The van der Waals surface area contributed by atoms with E-state index in [1.165, 1.54) is 6.07 Å². The van der Waals surface area contributed by atoms with Gasteiger partial charge in [-0.3, -0.25) is 9.59 Å². The molecule has 0 fully saturated rings. The van der Waals surface area contributed by atoms with Crippen LogP contribution in [0.3, 0.4) is 0 Å². The maximum Gasteiger partial charge on any atom is 0.250 e. The molecule has 1 aromatic carbocycles. The molecule has 0 atom stereocenters. The van der Waals surface area contributed by atoms with Crippen LogP contribution in [0.5, 0.6) is 0 Å². The van der Waals surface area contributed by atoms with Crippen molar-refractivity contribution < 1.29 is 4.79 Å². The van der Waals surface area contributed by atoms with E-state index in [0.29, 0.717) is 18.5 Å². The highest BCUT2D eigenvalue weighted by Crippen LogP contribution is 2.04. The van der Waals surface area contributed by atoms with Gasteiger partial charge < -0.3 is 4.57 Å². The minimum atomic E-state index is -0.0594. The molecule has 0 aliphatic heterocycles. The molecule has 1 aromatic heterocycles. The fourth-order valence-electron chi connectivity index (χ4n) is 1.89. The van der Waals surface area contributed by atoms with Gasteiger partial charge in [-0.15, -0.1) is 0 Å². The quantitative estimate of drug-likeness (QED) is 0.771. The van der Waals surface area contributed by atoms with E-state index in [9.17, 15) is 9.59 Å². The molecule has 0 aliphatic carbocycles. The highest BCUT2D eigenvalue weighted by atomic mass is 16.1. The van der Waals surface area contributed by atoms with Crippen molar-refractivity contribution in [3.05, 3.63) is 70.1 Å². The lowest BCUT2D eigenvalue weighted by atomic mass is 10.1. The number of pyridine rings is 1. The Kier molecular flexibility index (Phi) is 3.72. The van der Waals surface area contributed by atoms with Gasteiger partial charge in [-0.05, 0) is 13.0 Å². The number of benzene rings is 1. The molecule has 0 N–H and O–H groups in total. The van der Waals surface area contributed by atoms with E-state index in [1.54, 1.807) is 22.8 Å². The van der Waals surface area contributed by atoms with Crippen molar-refractivity contribution in [3.63, 3.8) is 0 Å². The molecule has 3 heteroatoms. The number of ketones is 1. The first-order valence-electron chi connectivity index (χ1n) is 5.93. The summed E-state index contributed by atoms with van der Waals surface area (Å²) in [6.45, 7) is 2.30. The summed E-state index contributed by atoms with van der Waals surface area (Å²) < 4.78 is 1.63. The Morgan fingerprint density at radius 1 is 1.06 bits per heavy atom. The maximum absolute atomic E-state index is 11.9.